The highest BCUT2D eigenvalue weighted by Crippen LogP contribution is 2.42. The number of carbonyl (C=O) groups is 1. The minimum absolute atomic E-state index is 0.0541. The van der Waals surface area contributed by atoms with E-state index in [1.807, 2.05) is 6.92 Å². The van der Waals surface area contributed by atoms with Crippen molar-refractivity contribution in [3.63, 3.8) is 0 Å². The predicted octanol–water partition coefficient (Wildman–Crippen LogP) is 7.96. The molecule has 4 nitrogen and oxygen atoms in total. The molecule has 0 radical (unpaired) electrons. The summed E-state index contributed by atoms with van der Waals surface area (Å²) in [4.78, 5) is 12.5. The molecule has 2 aliphatic carbocycles. The fourth-order valence-corrected chi connectivity index (χ4v) is 6.22. The van der Waals surface area contributed by atoms with Gasteiger partial charge in [0.25, 0.3) is 0 Å². The molecule has 39 heavy (non-hydrogen) atoms. The van der Waals surface area contributed by atoms with Crippen molar-refractivity contribution in [2.45, 2.75) is 102 Å². The Balaban J connectivity index is 1.34. The Labute approximate surface area is 227 Å². The normalized spacial score (nSPS) is 24.3. The third-order valence-corrected chi connectivity index (χ3v) is 8.44. The number of aliphatic hydroxyl groups is 1. The van der Waals surface area contributed by atoms with Crippen LogP contribution in [-0.4, -0.2) is 29.9 Å². The summed E-state index contributed by atoms with van der Waals surface area (Å²) in [5.74, 6) is -5.44. The third-order valence-electron chi connectivity index (χ3n) is 8.44. The molecule has 0 heterocycles. The Bertz CT molecular complexity index is 1140. The predicted molar refractivity (Wildman–Crippen MR) is 140 cm³/mol. The van der Waals surface area contributed by atoms with Gasteiger partial charge >= 0.3 is 5.97 Å². The van der Waals surface area contributed by atoms with Gasteiger partial charge in [0.05, 0.1) is 18.3 Å². The van der Waals surface area contributed by atoms with E-state index in [2.05, 4.69) is 0 Å². The fourth-order valence-electron chi connectivity index (χ4n) is 6.22. The summed E-state index contributed by atoms with van der Waals surface area (Å²) in [7, 11) is 0. The van der Waals surface area contributed by atoms with E-state index < -0.39 is 40.9 Å². The van der Waals surface area contributed by atoms with E-state index in [1.54, 1.807) is 19.1 Å². The largest absolute Gasteiger partial charge is 0.491 e. The average Bonchev–Trinajstić information content (AvgIpc) is 2.94. The highest BCUT2D eigenvalue weighted by Gasteiger charge is 2.32. The maximum atomic E-state index is 15.2. The topological polar surface area (TPSA) is 55.8 Å². The lowest BCUT2D eigenvalue weighted by molar-refractivity contribution is 0.0188. The van der Waals surface area contributed by atoms with Crippen molar-refractivity contribution in [3.8, 4) is 5.75 Å². The van der Waals surface area contributed by atoms with Crippen LogP contribution in [0.25, 0.3) is 0 Å². The zero-order chi connectivity index (χ0) is 28.1. The summed E-state index contributed by atoms with van der Waals surface area (Å²) in [6, 6.07) is 5.71. The van der Waals surface area contributed by atoms with Gasteiger partial charge in [0.15, 0.2) is 23.2 Å². The van der Waals surface area contributed by atoms with Crippen molar-refractivity contribution in [3.05, 3.63) is 64.2 Å². The molecule has 0 spiro atoms. The Kier molecular flexibility index (Phi) is 9.91. The monoisotopic (exact) mass is 550 g/mol. The number of rotatable bonds is 9. The van der Waals surface area contributed by atoms with Crippen LogP contribution < -0.4 is 4.74 Å². The number of hydrogen-bond acceptors (Lipinski definition) is 4. The molecular weight excluding hydrogens is 512 g/mol. The van der Waals surface area contributed by atoms with Crippen molar-refractivity contribution < 1.29 is 36.9 Å². The van der Waals surface area contributed by atoms with Crippen LogP contribution in [0.4, 0.5) is 17.6 Å². The number of carbonyl (C=O) groups excluding carboxylic acids is 1. The zero-order valence-electron chi connectivity index (χ0n) is 22.7. The highest BCUT2D eigenvalue weighted by molar-refractivity contribution is 5.90. The summed E-state index contributed by atoms with van der Waals surface area (Å²) in [6.07, 6.45) is 5.71. The zero-order valence-corrected chi connectivity index (χ0v) is 22.7. The van der Waals surface area contributed by atoms with E-state index in [0.29, 0.717) is 36.8 Å². The Morgan fingerprint density at radius 2 is 1.38 bits per heavy atom. The van der Waals surface area contributed by atoms with E-state index in [0.717, 1.165) is 44.6 Å². The summed E-state index contributed by atoms with van der Waals surface area (Å²) < 4.78 is 69.3. The highest BCUT2D eigenvalue weighted by atomic mass is 19.2. The Morgan fingerprint density at radius 3 is 1.92 bits per heavy atom. The van der Waals surface area contributed by atoms with E-state index in [4.69, 9.17) is 9.47 Å². The second-order valence-corrected chi connectivity index (χ2v) is 10.9. The van der Waals surface area contributed by atoms with Crippen molar-refractivity contribution in [1.82, 2.24) is 0 Å². The van der Waals surface area contributed by atoms with Gasteiger partial charge in [-0.1, -0.05) is 25.5 Å². The number of ether oxygens (including phenoxy) is 2. The molecular formula is C31H38F4O4. The molecule has 4 rings (SSSR count). The first-order chi connectivity index (χ1) is 18.7. The third kappa shape index (κ3) is 6.59. The standard InChI is InChI=1S/C31H38F4O4/c1-3-5-25(36)20-8-6-18(7-9-20)22-14-15-23(28(33)27(22)32)19-10-12-21(13-11-19)39-31(37)24-16-17-26(38-4-2)30(35)29(24)34/h14-21,25,36H,3-13H2,1-2H3. The second-order valence-electron chi connectivity index (χ2n) is 10.9. The lowest BCUT2D eigenvalue weighted by atomic mass is 9.75. The van der Waals surface area contributed by atoms with Crippen LogP contribution in [0.1, 0.15) is 111 Å². The first-order valence-corrected chi connectivity index (χ1v) is 14.2. The van der Waals surface area contributed by atoms with Crippen LogP contribution in [0.3, 0.4) is 0 Å². The molecule has 1 atom stereocenters. The molecule has 0 amide bonds. The van der Waals surface area contributed by atoms with Crippen LogP contribution in [-0.2, 0) is 4.74 Å². The van der Waals surface area contributed by atoms with Crippen LogP contribution in [0.2, 0.25) is 0 Å². The minimum Gasteiger partial charge on any atom is -0.491 e. The van der Waals surface area contributed by atoms with Gasteiger partial charge in [0.2, 0.25) is 5.82 Å². The van der Waals surface area contributed by atoms with E-state index in [9.17, 15) is 18.7 Å². The molecule has 0 bridgehead atoms. The van der Waals surface area contributed by atoms with Crippen LogP contribution >= 0.6 is 0 Å². The number of esters is 1. The van der Waals surface area contributed by atoms with Gasteiger partial charge in [0, 0.05) is 0 Å². The SMILES string of the molecule is CCCC(O)C1CCC(c2ccc(C3CCC(OC(=O)c4ccc(OCC)c(F)c4F)CC3)c(F)c2F)CC1. The molecule has 0 aliphatic heterocycles. The molecule has 2 saturated carbocycles. The molecule has 8 heteroatoms. The molecule has 1 unspecified atom stereocenters. The Morgan fingerprint density at radius 1 is 0.821 bits per heavy atom. The van der Waals surface area contributed by atoms with Gasteiger partial charge in [-0.3, -0.25) is 0 Å². The Hall–Kier alpha value is -2.61. The van der Waals surface area contributed by atoms with E-state index in [1.165, 1.54) is 6.07 Å². The van der Waals surface area contributed by atoms with Crippen LogP contribution in [0.15, 0.2) is 24.3 Å². The first kappa shape index (κ1) is 29.4. The first-order valence-electron chi connectivity index (χ1n) is 14.2. The summed E-state index contributed by atoms with van der Waals surface area (Å²) in [6.45, 7) is 3.83. The number of hydrogen-bond donors (Lipinski definition) is 1. The van der Waals surface area contributed by atoms with Gasteiger partial charge in [-0.05, 0) is 106 Å². The summed E-state index contributed by atoms with van der Waals surface area (Å²) in [5.41, 5.74) is 0.232. The molecule has 2 aromatic rings. The van der Waals surface area contributed by atoms with E-state index >= 15 is 8.78 Å². The molecule has 0 aromatic heterocycles. The van der Waals surface area contributed by atoms with Crippen molar-refractivity contribution >= 4 is 5.97 Å². The van der Waals surface area contributed by atoms with Gasteiger partial charge in [-0.2, -0.15) is 4.39 Å². The van der Waals surface area contributed by atoms with Gasteiger partial charge < -0.3 is 14.6 Å². The molecule has 2 aliphatic rings. The van der Waals surface area contributed by atoms with Crippen molar-refractivity contribution in [2.75, 3.05) is 6.61 Å². The summed E-state index contributed by atoms with van der Waals surface area (Å²) in [5, 5.41) is 10.3. The van der Waals surface area contributed by atoms with Crippen molar-refractivity contribution in [2.24, 2.45) is 5.92 Å². The lowest BCUT2D eigenvalue weighted by Crippen LogP contribution is -2.26. The van der Waals surface area contributed by atoms with Gasteiger partial charge in [-0.15, -0.1) is 0 Å². The smallest absolute Gasteiger partial charge is 0.341 e. The fraction of sp³-hybridized carbons (Fsp3) is 0.581. The quantitative estimate of drug-likeness (QED) is 0.254. The molecule has 2 fully saturated rings. The van der Waals surface area contributed by atoms with Crippen LogP contribution in [0.5, 0.6) is 5.75 Å². The van der Waals surface area contributed by atoms with Gasteiger partial charge in [0.1, 0.15) is 6.10 Å². The maximum absolute atomic E-state index is 15.2. The average molecular weight is 551 g/mol. The molecule has 1 N–H and O–H groups in total. The van der Waals surface area contributed by atoms with Crippen LogP contribution in [0, 0.1) is 29.2 Å². The van der Waals surface area contributed by atoms with E-state index in [-0.39, 0.29) is 36.2 Å². The van der Waals surface area contributed by atoms with Gasteiger partial charge in [-0.25, -0.2) is 18.0 Å². The minimum atomic E-state index is -1.32. The molecule has 0 saturated heterocycles. The molecule has 2 aromatic carbocycles. The lowest BCUT2D eigenvalue weighted by Gasteiger charge is -2.32. The summed E-state index contributed by atoms with van der Waals surface area (Å²) >= 11 is 0. The van der Waals surface area contributed by atoms with Crippen molar-refractivity contribution in [1.29, 1.82) is 0 Å². The second kappa shape index (κ2) is 13.2. The number of halogens is 4. The number of benzene rings is 2. The molecule has 214 valence electrons. The number of aliphatic hydroxyl groups excluding tert-OH is 1. The maximum Gasteiger partial charge on any atom is 0.341 e.